The lowest BCUT2D eigenvalue weighted by atomic mass is 9.64. The van der Waals surface area contributed by atoms with Crippen LogP contribution in [-0.4, -0.2) is 79.4 Å². The number of ketones is 2. The van der Waals surface area contributed by atoms with Crippen molar-refractivity contribution >= 4 is 17.5 Å². The number of hydrogen-bond donors (Lipinski definition) is 4. The predicted molar refractivity (Wildman–Crippen MR) is 95.0 cm³/mol. The van der Waals surface area contributed by atoms with Gasteiger partial charge in [0.2, 0.25) is 17.2 Å². The number of carboxylic acid groups (broad SMARTS) is 1. The molecule has 1 aliphatic carbocycles. The van der Waals surface area contributed by atoms with E-state index in [4.69, 9.17) is 14.2 Å². The molecule has 10 nitrogen and oxygen atoms in total. The summed E-state index contributed by atoms with van der Waals surface area (Å²) in [4.78, 5) is 38.4. The van der Waals surface area contributed by atoms with Gasteiger partial charge in [0, 0.05) is 18.4 Å². The number of ether oxygens (including phenoxy) is 3. The molecular weight excluding hydrogens is 400 g/mol. The Morgan fingerprint density at radius 3 is 2.63 bits per heavy atom. The fourth-order valence-corrected chi connectivity index (χ4v) is 5.35. The average Bonchev–Trinajstić information content (AvgIpc) is 3.36. The third kappa shape index (κ3) is 2.07. The number of aliphatic carboxylic acids is 1. The Labute approximate surface area is 170 Å². The Morgan fingerprint density at radius 1 is 1.20 bits per heavy atom. The van der Waals surface area contributed by atoms with Crippen LogP contribution in [0.25, 0.3) is 0 Å². The van der Waals surface area contributed by atoms with Crippen LogP contribution in [0.1, 0.15) is 46.9 Å². The molecule has 7 atom stereocenters. The number of carbonyl (C=O) groups excluding carboxylic acids is 2. The number of carbonyl (C=O) groups is 3. The smallest absolute Gasteiger partial charge is 0.305 e. The highest BCUT2D eigenvalue weighted by Gasteiger charge is 2.93. The van der Waals surface area contributed by atoms with Gasteiger partial charge in [-0.1, -0.05) is 12.1 Å². The molecule has 1 aromatic rings. The number of carboxylic acids is 1. The van der Waals surface area contributed by atoms with Crippen molar-refractivity contribution in [2.75, 3.05) is 0 Å². The molecule has 3 saturated heterocycles. The van der Waals surface area contributed by atoms with Gasteiger partial charge < -0.3 is 34.6 Å². The highest BCUT2D eigenvalue weighted by atomic mass is 16.8. The number of rotatable bonds is 2. The molecule has 10 heteroatoms. The zero-order valence-corrected chi connectivity index (χ0v) is 15.9. The molecule has 0 aromatic heterocycles. The molecule has 3 aliphatic heterocycles. The van der Waals surface area contributed by atoms with E-state index < -0.39 is 71.1 Å². The van der Waals surface area contributed by atoms with Crippen LogP contribution in [0.2, 0.25) is 0 Å². The van der Waals surface area contributed by atoms with E-state index in [9.17, 15) is 34.8 Å². The van der Waals surface area contributed by atoms with Gasteiger partial charge in [0.25, 0.3) is 0 Å². The number of benzene rings is 1. The van der Waals surface area contributed by atoms with Crippen molar-refractivity contribution in [2.45, 2.75) is 67.6 Å². The summed E-state index contributed by atoms with van der Waals surface area (Å²) < 4.78 is 17.6. The number of phenols is 1. The maximum Gasteiger partial charge on any atom is 0.305 e. The largest absolute Gasteiger partial charge is 0.507 e. The molecule has 5 rings (SSSR count). The summed E-state index contributed by atoms with van der Waals surface area (Å²) >= 11 is 0. The molecule has 0 saturated carbocycles. The second-order valence-corrected chi connectivity index (χ2v) is 8.35. The highest BCUT2D eigenvalue weighted by Crippen LogP contribution is 2.69. The van der Waals surface area contributed by atoms with Gasteiger partial charge in [-0.2, -0.15) is 0 Å². The lowest BCUT2D eigenvalue weighted by Crippen LogP contribution is -2.74. The van der Waals surface area contributed by atoms with Gasteiger partial charge in [0.1, 0.15) is 11.9 Å². The van der Waals surface area contributed by atoms with Crippen molar-refractivity contribution < 1.29 is 49.0 Å². The summed E-state index contributed by atoms with van der Waals surface area (Å²) in [5.74, 6) is -5.41. The standard InChI is InChI=1S/C20H20O10/c1-8-5-12(22)16(26)20(28-8)19-17(27)14-10(3-2-4-11(14)21)15(25)18(19,30-19)7-9(29-20)6-13(23)24/h2-4,8-9,12,16,21-22,26H,5-7H2,1H3,(H,23,24)/t8-,9-,12+,16-,18-,19+,20+/m1/s1. The molecule has 4 aliphatic rings. The van der Waals surface area contributed by atoms with Gasteiger partial charge in [0.15, 0.2) is 11.4 Å². The Bertz CT molecular complexity index is 990. The van der Waals surface area contributed by atoms with Gasteiger partial charge >= 0.3 is 5.97 Å². The fourth-order valence-electron chi connectivity index (χ4n) is 5.35. The number of Topliss-reactive ketones (excluding diaryl/α,β-unsaturated/α-hetero) is 2. The van der Waals surface area contributed by atoms with E-state index in [1.807, 2.05) is 0 Å². The summed E-state index contributed by atoms with van der Waals surface area (Å²) in [7, 11) is 0. The minimum absolute atomic E-state index is 0.0307. The number of aromatic hydroxyl groups is 1. The number of epoxide rings is 1. The van der Waals surface area contributed by atoms with Crippen molar-refractivity contribution in [3.8, 4) is 5.75 Å². The van der Waals surface area contributed by atoms with Crippen molar-refractivity contribution in [3.05, 3.63) is 29.3 Å². The number of hydrogen-bond acceptors (Lipinski definition) is 9. The molecule has 1 aromatic carbocycles. The van der Waals surface area contributed by atoms with Crippen LogP contribution in [0.5, 0.6) is 5.75 Å². The van der Waals surface area contributed by atoms with Crippen LogP contribution in [-0.2, 0) is 19.0 Å². The molecule has 0 unspecified atom stereocenters. The van der Waals surface area contributed by atoms with Crippen molar-refractivity contribution in [3.63, 3.8) is 0 Å². The van der Waals surface area contributed by atoms with Crippen molar-refractivity contribution in [2.24, 2.45) is 0 Å². The van der Waals surface area contributed by atoms with Crippen LogP contribution in [0, 0.1) is 0 Å². The van der Waals surface area contributed by atoms with Gasteiger partial charge in [-0.05, 0) is 13.0 Å². The Morgan fingerprint density at radius 2 is 1.93 bits per heavy atom. The zero-order valence-electron chi connectivity index (χ0n) is 15.9. The number of phenolic OH excluding ortho intramolecular Hbond substituents is 1. The molecule has 30 heavy (non-hydrogen) atoms. The molecule has 1 spiro atoms. The molecular formula is C20H20O10. The topological polar surface area (TPSA) is 163 Å². The van der Waals surface area contributed by atoms with E-state index in [1.54, 1.807) is 6.92 Å². The predicted octanol–water partition coefficient (Wildman–Crippen LogP) is -0.231. The Hall–Kier alpha value is -2.37. The van der Waals surface area contributed by atoms with Crippen molar-refractivity contribution in [1.82, 2.24) is 0 Å². The quantitative estimate of drug-likeness (QED) is 0.470. The first-order chi connectivity index (χ1) is 14.1. The maximum absolute atomic E-state index is 13.6. The Balaban J connectivity index is 1.74. The van der Waals surface area contributed by atoms with Crippen molar-refractivity contribution in [1.29, 1.82) is 0 Å². The minimum Gasteiger partial charge on any atom is -0.507 e. The third-order valence-electron chi connectivity index (χ3n) is 6.51. The second-order valence-electron chi connectivity index (χ2n) is 8.35. The normalized spacial score (nSPS) is 44.2. The zero-order chi connectivity index (χ0) is 21.6. The lowest BCUT2D eigenvalue weighted by molar-refractivity contribution is -0.373. The molecule has 4 N–H and O–H groups in total. The summed E-state index contributed by atoms with van der Waals surface area (Å²) in [5, 5.41) is 40.9. The van der Waals surface area contributed by atoms with E-state index in [-0.39, 0.29) is 24.0 Å². The van der Waals surface area contributed by atoms with Gasteiger partial charge in [-0.25, -0.2) is 0 Å². The molecule has 3 heterocycles. The summed E-state index contributed by atoms with van der Waals surface area (Å²) in [6, 6.07) is 4.03. The van der Waals surface area contributed by atoms with Gasteiger partial charge in [-0.3, -0.25) is 14.4 Å². The average molecular weight is 420 g/mol. The highest BCUT2D eigenvalue weighted by molar-refractivity contribution is 6.27. The first-order valence-electron chi connectivity index (χ1n) is 9.65. The fraction of sp³-hybridized carbons (Fsp3) is 0.550. The van der Waals surface area contributed by atoms with Crippen LogP contribution in [0.4, 0.5) is 0 Å². The molecule has 3 fully saturated rings. The number of fused-ring (bicyclic) bond motifs is 1. The summed E-state index contributed by atoms with van der Waals surface area (Å²) in [5.41, 5.74) is -4.30. The van der Waals surface area contributed by atoms with Crippen LogP contribution < -0.4 is 0 Å². The van der Waals surface area contributed by atoms with Crippen LogP contribution in [0.15, 0.2) is 18.2 Å². The molecule has 0 bridgehead atoms. The van der Waals surface area contributed by atoms with Crippen LogP contribution >= 0.6 is 0 Å². The first kappa shape index (κ1) is 19.6. The Kier molecular flexibility index (Phi) is 3.83. The lowest BCUT2D eigenvalue weighted by Gasteiger charge is -2.52. The van der Waals surface area contributed by atoms with Gasteiger partial charge in [0.05, 0.1) is 30.3 Å². The molecule has 0 amide bonds. The molecule has 160 valence electrons. The van der Waals surface area contributed by atoms with E-state index in [2.05, 4.69) is 0 Å². The summed E-state index contributed by atoms with van der Waals surface area (Å²) in [6.07, 6.45) is -5.74. The second kappa shape index (κ2) is 5.86. The summed E-state index contributed by atoms with van der Waals surface area (Å²) in [6.45, 7) is 1.59. The van der Waals surface area contributed by atoms with E-state index >= 15 is 0 Å². The van der Waals surface area contributed by atoms with E-state index in [0.29, 0.717) is 0 Å². The first-order valence-corrected chi connectivity index (χ1v) is 9.65. The van der Waals surface area contributed by atoms with E-state index in [0.717, 1.165) is 0 Å². The minimum atomic E-state index is -2.31. The van der Waals surface area contributed by atoms with Gasteiger partial charge in [-0.15, -0.1) is 0 Å². The third-order valence-corrected chi connectivity index (χ3v) is 6.51. The SMILES string of the molecule is C[C@@H]1C[C@H](O)[C@@H](O)[C@@]2(O[C@H](CC(=O)O)C[C@]34O[C@]23C(=O)c2c(O)cccc2C4=O)O1. The number of aliphatic hydroxyl groups is 2. The maximum atomic E-state index is 13.6. The number of aliphatic hydroxyl groups excluding tert-OH is 2. The molecule has 0 radical (unpaired) electrons. The van der Waals surface area contributed by atoms with E-state index in [1.165, 1.54) is 18.2 Å². The monoisotopic (exact) mass is 420 g/mol. The van der Waals surface area contributed by atoms with Crippen LogP contribution in [0.3, 0.4) is 0 Å².